The molecule has 0 bridgehead atoms. The lowest BCUT2D eigenvalue weighted by molar-refractivity contribution is -0.143. The van der Waals surface area contributed by atoms with Gasteiger partial charge in [0.05, 0.1) is 14.2 Å². The Morgan fingerprint density at radius 1 is 1.30 bits per heavy atom. The lowest BCUT2D eigenvalue weighted by atomic mass is 9.86. The number of hydrogen-bond donors (Lipinski definition) is 1. The number of halogens is 1. The van der Waals surface area contributed by atoms with E-state index in [-0.39, 0.29) is 30.3 Å². The molecule has 1 aliphatic heterocycles. The summed E-state index contributed by atoms with van der Waals surface area (Å²) in [5.74, 6) is 0.232. The first-order chi connectivity index (χ1) is 9.27. The molecule has 0 saturated carbocycles. The maximum Gasteiger partial charge on any atom is 0.314 e. The number of esters is 1. The third kappa shape index (κ3) is 3.64. The van der Waals surface area contributed by atoms with Crippen LogP contribution in [0.5, 0.6) is 5.75 Å². The molecule has 5 heteroatoms. The van der Waals surface area contributed by atoms with Gasteiger partial charge in [-0.2, -0.15) is 0 Å². The van der Waals surface area contributed by atoms with Crippen LogP contribution < -0.4 is 10.1 Å². The first-order valence-electron chi connectivity index (χ1n) is 6.72. The molecule has 1 aromatic carbocycles. The standard InChI is InChI=1S/C15H21NO3.ClH/c1-18-13-9-4-3-7-11(13)14(15(17)19-2)12-8-5-6-10-16-12;/h3-4,7,9,12,14,16H,5-6,8,10H2,1-2H3;1H/t12?,14-;/m0./s1. The average Bonchev–Trinajstić information content (AvgIpc) is 2.49. The molecule has 1 unspecified atom stereocenters. The summed E-state index contributed by atoms with van der Waals surface area (Å²) in [5.41, 5.74) is 0.899. The number of hydrogen-bond acceptors (Lipinski definition) is 4. The second kappa shape index (κ2) is 8.12. The van der Waals surface area contributed by atoms with Crippen molar-refractivity contribution in [1.82, 2.24) is 5.32 Å². The minimum atomic E-state index is -0.304. The molecule has 1 fully saturated rings. The zero-order chi connectivity index (χ0) is 13.7. The number of ether oxygens (including phenoxy) is 2. The molecule has 0 aromatic heterocycles. The van der Waals surface area contributed by atoms with Gasteiger partial charge in [-0.05, 0) is 25.5 Å². The highest BCUT2D eigenvalue weighted by Gasteiger charge is 2.33. The van der Waals surface area contributed by atoms with Gasteiger partial charge < -0.3 is 14.8 Å². The second-order valence-electron chi connectivity index (χ2n) is 4.80. The Kier molecular flexibility index (Phi) is 6.82. The first kappa shape index (κ1) is 16.8. The van der Waals surface area contributed by atoms with Gasteiger partial charge in [0, 0.05) is 11.6 Å². The molecule has 1 heterocycles. The summed E-state index contributed by atoms with van der Waals surface area (Å²) in [4.78, 5) is 12.2. The van der Waals surface area contributed by atoms with Crippen molar-refractivity contribution in [2.24, 2.45) is 0 Å². The number of methoxy groups -OCH3 is 2. The van der Waals surface area contributed by atoms with Crippen LogP contribution in [0.3, 0.4) is 0 Å². The van der Waals surface area contributed by atoms with E-state index in [0.717, 1.165) is 37.1 Å². The Morgan fingerprint density at radius 3 is 2.65 bits per heavy atom. The molecule has 0 aliphatic carbocycles. The number of piperidine rings is 1. The van der Waals surface area contributed by atoms with E-state index in [1.807, 2.05) is 24.3 Å². The van der Waals surface area contributed by atoms with Gasteiger partial charge in [0.15, 0.2) is 0 Å². The lowest BCUT2D eigenvalue weighted by Gasteiger charge is -2.30. The maximum absolute atomic E-state index is 12.2. The van der Waals surface area contributed by atoms with Gasteiger partial charge >= 0.3 is 5.97 Å². The zero-order valence-corrected chi connectivity index (χ0v) is 12.7. The summed E-state index contributed by atoms with van der Waals surface area (Å²) in [6, 6.07) is 7.78. The van der Waals surface area contributed by atoms with Gasteiger partial charge in [0.25, 0.3) is 0 Å². The van der Waals surface area contributed by atoms with Gasteiger partial charge in [0.2, 0.25) is 0 Å². The summed E-state index contributed by atoms with van der Waals surface area (Å²) in [6.45, 7) is 0.952. The third-order valence-corrected chi connectivity index (χ3v) is 3.68. The molecule has 2 atom stereocenters. The van der Waals surface area contributed by atoms with Crippen molar-refractivity contribution < 1.29 is 14.3 Å². The SMILES string of the molecule is COC(=O)[C@@H](c1ccccc1OC)C1CCCCN1.Cl. The Morgan fingerprint density at radius 2 is 2.05 bits per heavy atom. The summed E-state index contributed by atoms with van der Waals surface area (Å²) in [7, 11) is 3.06. The van der Waals surface area contributed by atoms with Gasteiger partial charge in [-0.3, -0.25) is 4.79 Å². The van der Waals surface area contributed by atoms with E-state index in [1.54, 1.807) is 7.11 Å². The van der Waals surface area contributed by atoms with Crippen LogP contribution in [-0.2, 0) is 9.53 Å². The van der Waals surface area contributed by atoms with E-state index >= 15 is 0 Å². The number of carbonyl (C=O) groups is 1. The molecule has 20 heavy (non-hydrogen) atoms. The Balaban J connectivity index is 0.00000200. The van der Waals surface area contributed by atoms with Crippen molar-refractivity contribution in [3.8, 4) is 5.75 Å². The minimum Gasteiger partial charge on any atom is -0.496 e. The van der Waals surface area contributed by atoms with Crippen molar-refractivity contribution >= 4 is 18.4 Å². The fourth-order valence-electron chi connectivity index (χ4n) is 2.72. The fraction of sp³-hybridized carbons (Fsp3) is 0.533. The van der Waals surface area contributed by atoms with Crippen molar-refractivity contribution in [2.75, 3.05) is 20.8 Å². The average molecular weight is 300 g/mol. The Bertz CT molecular complexity index is 433. The van der Waals surface area contributed by atoms with E-state index in [0.29, 0.717) is 0 Å². The Hall–Kier alpha value is -1.26. The van der Waals surface area contributed by atoms with Gasteiger partial charge in [-0.15, -0.1) is 12.4 Å². The van der Waals surface area contributed by atoms with Crippen LogP contribution >= 0.6 is 12.4 Å². The van der Waals surface area contributed by atoms with Crippen LogP contribution in [0.2, 0.25) is 0 Å². The number of para-hydroxylation sites is 1. The van der Waals surface area contributed by atoms with Gasteiger partial charge in [-0.25, -0.2) is 0 Å². The number of nitrogens with one attached hydrogen (secondary N) is 1. The van der Waals surface area contributed by atoms with E-state index in [1.165, 1.54) is 7.11 Å². The highest BCUT2D eigenvalue weighted by molar-refractivity contribution is 5.85. The van der Waals surface area contributed by atoms with Crippen molar-refractivity contribution in [3.63, 3.8) is 0 Å². The molecular weight excluding hydrogens is 278 g/mol. The molecule has 1 N–H and O–H groups in total. The molecule has 1 aliphatic rings. The smallest absolute Gasteiger partial charge is 0.314 e. The number of benzene rings is 1. The number of rotatable bonds is 4. The van der Waals surface area contributed by atoms with E-state index < -0.39 is 0 Å². The predicted molar refractivity (Wildman–Crippen MR) is 80.6 cm³/mol. The highest BCUT2D eigenvalue weighted by atomic mass is 35.5. The summed E-state index contributed by atoms with van der Waals surface area (Å²) >= 11 is 0. The summed E-state index contributed by atoms with van der Waals surface area (Å²) in [5, 5.41) is 3.43. The van der Waals surface area contributed by atoms with Crippen LogP contribution in [-0.4, -0.2) is 32.8 Å². The zero-order valence-electron chi connectivity index (χ0n) is 11.9. The van der Waals surface area contributed by atoms with E-state index in [4.69, 9.17) is 9.47 Å². The van der Waals surface area contributed by atoms with Crippen LogP contribution in [0.4, 0.5) is 0 Å². The molecule has 2 rings (SSSR count). The van der Waals surface area contributed by atoms with Crippen molar-refractivity contribution in [3.05, 3.63) is 29.8 Å². The molecule has 112 valence electrons. The van der Waals surface area contributed by atoms with Gasteiger partial charge in [-0.1, -0.05) is 24.6 Å². The van der Waals surface area contributed by atoms with Crippen LogP contribution in [0.25, 0.3) is 0 Å². The second-order valence-corrected chi connectivity index (χ2v) is 4.80. The maximum atomic E-state index is 12.2. The normalized spacial score (nSPS) is 19.6. The fourth-order valence-corrected chi connectivity index (χ4v) is 2.72. The Labute approximate surface area is 126 Å². The molecule has 0 spiro atoms. The highest BCUT2D eigenvalue weighted by Crippen LogP contribution is 2.32. The van der Waals surface area contributed by atoms with Crippen molar-refractivity contribution in [2.45, 2.75) is 31.2 Å². The molecule has 1 saturated heterocycles. The van der Waals surface area contributed by atoms with Crippen LogP contribution in [0.15, 0.2) is 24.3 Å². The van der Waals surface area contributed by atoms with E-state index in [2.05, 4.69) is 5.32 Å². The summed E-state index contributed by atoms with van der Waals surface area (Å²) in [6.07, 6.45) is 3.29. The van der Waals surface area contributed by atoms with Crippen molar-refractivity contribution in [1.29, 1.82) is 0 Å². The largest absolute Gasteiger partial charge is 0.496 e. The first-order valence-corrected chi connectivity index (χ1v) is 6.72. The minimum absolute atomic E-state index is 0. The molecule has 1 aromatic rings. The molecular formula is C15H22ClNO3. The topological polar surface area (TPSA) is 47.6 Å². The number of carbonyl (C=O) groups excluding carboxylic acids is 1. The van der Waals surface area contributed by atoms with Crippen LogP contribution in [0, 0.1) is 0 Å². The molecule has 0 radical (unpaired) electrons. The quantitative estimate of drug-likeness (QED) is 0.868. The van der Waals surface area contributed by atoms with Gasteiger partial charge in [0.1, 0.15) is 11.7 Å². The third-order valence-electron chi connectivity index (χ3n) is 3.68. The molecule has 0 amide bonds. The monoisotopic (exact) mass is 299 g/mol. The summed E-state index contributed by atoms with van der Waals surface area (Å²) < 4.78 is 10.4. The molecule has 4 nitrogen and oxygen atoms in total. The van der Waals surface area contributed by atoms with E-state index in [9.17, 15) is 4.79 Å². The lowest BCUT2D eigenvalue weighted by Crippen LogP contribution is -2.42. The van der Waals surface area contributed by atoms with Crippen LogP contribution in [0.1, 0.15) is 30.7 Å². The predicted octanol–water partition coefficient (Wildman–Crippen LogP) is 2.52.